The van der Waals surface area contributed by atoms with Crippen molar-refractivity contribution >= 4 is 0 Å². The van der Waals surface area contributed by atoms with Gasteiger partial charge in [-0.25, -0.2) is 0 Å². The van der Waals surface area contributed by atoms with Gasteiger partial charge in [-0.15, -0.1) is 0 Å². The summed E-state index contributed by atoms with van der Waals surface area (Å²) in [7, 11) is 0. The Hall–Kier alpha value is -0.780. The number of hydrogen-bond donors (Lipinski definition) is 0. The first-order chi connectivity index (χ1) is 5.23. The summed E-state index contributed by atoms with van der Waals surface area (Å²) in [6, 6.07) is 10.8. The molecule has 11 heavy (non-hydrogen) atoms. The largest absolute Gasteiger partial charge is 0.0622 e. The summed E-state index contributed by atoms with van der Waals surface area (Å²) >= 11 is 0. The van der Waals surface area contributed by atoms with E-state index in [0.717, 1.165) is 5.92 Å². The van der Waals surface area contributed by atoms with E-state index in [0.29, 0.717) is 5.41 Å². The molecule has 2 atom stereocenters. The van der Waals surface area contributed by atoms with E-state index in [1.165, 1.54) is 12.0 Å². The lowest BCUT2D eigenvalue weighted by Crippen LogP contribution is -2.01. The molecule has 0 saturated heterocycles. The van der Waals surface area contributed by atoms with Crippen molar-refractivity contribution in [2.24, 2.45) is 5.92 Å². The van der Waals surface area contributed by atoms with Crippen molar-refractivity contribution in [3.05, 3.63) is 35.9 Å². The molecule has 0 N–H and O–H groups in total. The number of hydrogen-bond acceptors (Lipinski definition) is 0. The van der Waals surface area contributed by atoms with Gasteiger partial charge in [0, 0.05) is 0 Å². The van der Waals surface area contributed by atoms with Gasteiger partial charge in [0.25, 0.3) is 0 Å². The molecular weight excluding hydrogens is 132 g/mol. The van der Waals surface area contributed by atoms with E-state index < -0.39 is 0 Å². The van der Waals surface area contributed by atoms with Crippen LogP contribution in [0.2, 0.25) is 0 Å². The van der Waals surface area contributed by atoms with E-state index in [1.54, 1.807) is 0 Å². The highest BCUT2D eigenvalue weighted by Crippen LogP contribution is 2.53. The zero-order valence-corrected chi connectivity index (χ0v) is 7.17. The molecule has 1 aliphatic rings. The Balaban J connectivity index is 2.32. The molecule has 1 fully saturated rings. The molecule has 0 heteroatoms. The van der Waals surface area contributed by atoms with Crippen molar-refractivity contribution in [2.45, 2.75) is 25.7 Å². The summed E-state index contributed by atoms with van der Waals surface area (Å²) in [6.45, 7) is 4.68. The van der Waals surface area contributed by atoms with Crippen molar-refractivity contribution in [3.63, 3.8) is 0 Å². The van der Waals surface area contributed by atoms with Gasteiger partial charge in [-0.3, -0.25) is 0 Å². The van der Waals surface area contributed by atoms with Crippen LogP contribution in [-0.4, -0.2) is 0 Å². The molecule has 0 amide bonds. The van der Waals surface area contributed by atoms with Gasteiger partial charge in [-0.1, -0.05) is 44.2 Å². The second kappa shape index (κ2) is 2.10. The number of benzene rings is 1. The monoisotopic (exact) mass is 146 g/mol. The topological polar surface area (TPSA) is 0 Å². The van der Waals surface area contributed by atoms with Gasteiger partial charge in [0.15, 0.2) is 0 Å². The van der Waals surface area contributed by atoms with Crippen LogP contribution in [0.4, 0.5) is 0 Å². The predicted octanol–water partition coefficient (Wildman–Crippen LogP) is 2.98. The summed E-state index contributed by atoms with van der Waals surface area (Å²) in [5.74, 6) is 0.880. The van der Waals surface area contributed by atoms with E-state index in [1.807, 2.05) is 0 Å². The number of rotatable bonds is 1. The average Bonchev–Trinajstić information content (AvgIpc) is 2.64. The molecule has 0 radical (unpaired) electrons. The Morgan fingerprint density at radius 3 is 2.27 bits per heavy atom. The van der Waals surface area contributed by atoms with Crippen molar-refractivity contribution in [3.8, 4) is 0 Å². The molecule has 58 valence electrons. The Bertz CT molecular complexity index is 250. The van der Waals surface area contributed by atoms with Gasteiger partial charge in [-0.2, -0.15) is 0 Å². The summed E-state index contributed by atoms with van der Waals surface area (Å²) < 4.78 is 0. The molecule has 1 aliphatic carbocycles. The fourth-order valence-corrected chi connectivity index (χ4v) is 1.80. The van der Waals surface area contributed by atoms with Crippen molar-refractivity contribution < 1.29 is 0 Å². The zero-order chi connectivity index (χ0) is 7.90. The molecule has 0 nitrogen and oxygen atoms in total. The second-order valence-corrected chi connectivity index (χ2v) is 3.89. The van der Waals surface area contributed by atoms with Crippen molar-refractivity contribution in [1.29, 1.82) is 0 Å². The summed E-state index contributed by atoms with van der Waals surface area (Å²) in [6.07, 6.45) is 1.36. The van der Waals surface area contributed by atoms with Crippen molar-refractivity contribution in [1.82, 2.24) is 0 Å². The fraction of sp³-hybridized carbons (Fsp3) is 0.455. The molecule has 0 heterocycles. The quantitative estimate of drug-likeness (QED) is 0.571. The van der Waals surface area contributed by atoms with Crippen LogP contribution in [0.15, 0.2) is 30.3 Å². The van der Waals surface area contributed by atoms with Crippen LogP contribution < -0.4 is 0 Å². The van der Waals surface area contributed by atoms with Crippen LogP contribution in [0.25, 0.3) is 0 Å². The third-order valence-electron chi connectivity index (χ3n) is 3.09. The highest BCUT2D eigenvalue weighted by molar-refractivity contribution is 5.31. The molecule has 0 aliphatic heterocycles. The Kier molecular flexibility index (Phi) is 1.32. The fourth-order valence-electron chi connectivity index (χ4n) is 1.80. The van der Waals surface area contributed by atoms with Crippen LogP contribution in [-0.2, 0) is 5.41 Å². The molecule has 0 unspecified atom stereocenters. The Morgan fingerprint density at radius 1 is 1.27 bits per heavy atom. The Morgan fingerprint density at radius 2 is 1.82 bits per heavy atom. The lowest BCUT2D eigenvalue weighted by Gasteiger charge is -2.08. The summed E-state index contributed by atoms with van der Waals surface area (Å²) in [4.78, 5) is 0. The second-order valence-electron chi connectivity index (χ2n) is 3.89. The lowest BCUT2D eigenvalue weighted by atomic mass is 9.96. The first-order valence-electron chi connectivity index (χ1n) is 4.29. The first-order valence-corrected chi connectivity index (χ1v) is 4.29. The van der Waals surface area contributed by atoms with Gasteiger partial charge in [0.2, 0.25) is 0 Å². The van der Waals surface area contributed by atoms with Crippen LogP contribution in [0.3, 0.4) is 0 Å². The van der Waals surface area contributed by atoms with Crippen LogP contribution in [0.1, 0.15) is 25.8 Å². The molecule has 0 spiro atoms. The summed E-state index contributed by atoms with van der Waals surface area (Å²) in [5, 5.41) is 0. The SMILES string of the molecule is C[C@@H]1C[C@]1(C)c1ccccc1. The molecule has 2 rings (SSSR count). The zero-order valence-electron chi connectivity index (χ0n) is 7.17. The van der Waals surface area contributed by atoms with Gasteiger partial charge >= 0.3 is 0 Å². The van der Waals surface area contributed by atoms with Crippen LogP contribution in [0.5, 0.6) is 0 Å². The summed E-state index contributed by atoms with van der Waals surface area (Å²) in [5.41, 5.74) is 2.01. The van der Waals surface area contributed by atoms with Crippen LogP contribution >= 0.6 is 0 Å². The highest BCUT2D eigenvalue weighted by Gasteiger charge is 2.47. The van der Waals surface area contributed by atoms with E-state index in [9.17, 15) is 0 Å². The molecule has 1 aromatic carbocycles. The molecule has 1 aromatic rings. The third-order valence-corrected chi connectivity index (χ3v) is 3.09. The minimum Gasteiger partial charge on any atom is -0.0622 e. The maximum absolute atomic E-state index is 2.35. The van der Waals surface area contributed by atoms with Crippen molar-refractivity contribution in [2.75, 3.05) is 0 Å². The minimum atomic E-state index is 0.501. The van der Waals surface area contributed by atoms with Gasteiger partial charge in [0.05, 0.1) is 0 Å². The highest BCUT2D eigenvalue weighted by atomic mass is 14.5. The van der Waals surface area contributed by atoms with E-state index in [4.69, 9.17) is 0 Å². The van der Waals surface area contributed by atoms with Gasteiger partial charge < -0.3 is 0 Å². The normalized spacial score (nSPS) is 35.3. The molecule has 0 bridgehead atoms. The average molecular weight is 146 g/mol. The maximum Gasteiger partial charge on any atom is -0.00465 e. The third kappa shape index (κ3) is 0.973. The van der Waals surface area contributed by atoms with E-state index >= 15 is 0 Å². The molecule has 1 saturated carbocycles. The predicted molar refractivity (Wildman–Crippen MR) is 47.6 cm³/mol. The standard InChI is InChI=1S/C11H14/c1-9-8-11(9,2)10-6-4-3-5-7-10/h3-7,9H,8H2,1-2H3/t9-,11+/m1/s1. The first kappa shape index (κ1) is 6.90. The van der Waals surface area contributed by atoms with Gasteiger partial charge in [0.1, 0.15) is 0 Å². The van der Waals surface area contributed by atoms with Gasteiger partial charge in [-0.05, 0) is 23.3 Å². The maximum atomic E-state index is 2.35. The molecular formula is C11H14. The smallest absolute Gasteiger partial charge is 0.00465 e. The van der Waals surface area contributed by atoms with E-state index in [2.05, 4.69) is 44.2 Å². The molecule has 0 aromatic heterocycles. The van der Waals surface area contributed by atoms with Crippen LogP contribution in [0, 0.1) is 5.92 Å². The minimum absolute atomic E-state index is 0.501. The van der Waals surface area contributed by atoms with E-state index in [-0.39, 0.29) is 0 Å². The Labute approximate surface area is 68.3 Å². The lowest BCUT2D eigenvalue weighted by molar-refractivity contribution is 0.702.